The Morgan fingerprint density at radius 2 is 2.04 bits per heavy atom. The minimum absolute atomic E-state index is 0.00405. The number of benzene rings is 1. The van der Waals surface area contributed by atoms with Crippen LogP contribution in [0.4, 0.5) is 0 Å². The Morgan fingerprint density at radius 1 is 1.21 bits per heavy atom. The number of pyridine rings is 2. The third-order valence-electron chi connectivity index (χ3n) is 4.51. The van der Waals surface area contributed by atoms with Crippen molar-refractivity contribution in [2.75, 3.05) is 6.61 Å². The van der Waals surface area contributed by atoms with Crippen LogP contribution in [0.2, 0.25) is 0 Å². The third-order valence-corrected chi connectivity index (χ3v) is 4.51. The summed E-state index contributed by atoms with van der Waals surface area (Å²) in [6.07, 6.45) is 4.57. The predicted molar refractivity (Wildman–Crippen MR) is 110 cm³/mol. The highest BCUT2D eigenvalue weighted by Gasteiger charge is 2.21. The standard InChI is InChI=1S/C20H17N3O3.C2H6/c1-2-3-13-10-22-19(25)17-8-12-6-7-21-20(16(12)9-15(13)17)26-11-14-4-5-18(24)23-14;1-2/h6-10,14H,4-5,11H2,1H3,(H,22,25)(H,23,24);1-2H3. The molecule has 0 bridgehead atoms. The molecule has 1 aliphatic rings. The van der Waals surface area contributed by atoms with Crippen LogP contribution in [0.3, 0.4) is 0 Å². The van der Waals surface area contributed by atoms with Crippen molar-refractivity contribution >= 4 is 27.5 Å². The van der Waals surface area contributed by atoms with Crippen LogP contribution in [0, 0.1) is 11.8 Å². The number of aromatic amines is 1. The van der Waals surface area contributed by atoms with Gasteiger partial charge in [0.05, 0.1) is 6.04 Å². The summed E-state index contributed by atoms with van der Waals surface area (Å²) in [4.78, 5) is 30.6. The molecule has 1 unspecified atom stereocenters. The molecule has 0 spiro atoms. The van der Waals surface area contributed by atoms with Gasteiger partial charge in [-0.15, -0.1) is 5.92 Å². The molecule has 1 atom stereocenters. The van der Waals surface area contributed by atoms with Gasteiger partial charge in [-0.05, 0) is 36.9 Å². The Labute approximate surface area is 163 Å². The molecule has 6 nitrogen and oxygen atoms in total. The van der Waals surface area contributed by atoms with Gasteiger partial charge in [0.15, 0.2) is 0 Å². The van der Waals surface area contributed by atoms with Gasteiger partial charge in [0.1, 0.15) is 6.61 Å². The molecule has 3 aromatic rings. The lowest BCUT2D eigenvalue weighted by Gasteiger charge is -2.13. The summed E-state index contributed by atoms with van der Waals surface area (Å²) in [5.74, 6) is 6.42. The van der Waals surface area contributed by atoms with Gasteiger partial charge in [0.2, 0.25) is 11.8 Å². The van der Waals surface area contributed by atoms with E-state index >= 15 is 0 Å². The molecule has 3 heterocycles. The monoisotopic (exact) mass is 377 g/mol. The molecule has 4 rings (SSSR count). The second-order valence-corrected chi connectivity index (χ2v) is 6.26. The lowest BCUT2D eigenvalue weighted by molar-refractivity contribution is -0.119. The summed E-state index contributed by atoms with van der Waals surface area (Å²) >= 11 is 0. The predicted octanol–water partition coefficient (Wildman–Crippen LogP) is 3.13. The minimum atomic E-state index is -0.156. The maximum Gasteiger partial charge on any atom is 0.255 e. The van der Waals surface area contributed by atoms with Crippen molar-refractivity contribution < 1.29 is 9.53 Å². The molecule has 2 aromatic heterocycles. The van der Waals surface area contributed by atoms with E-state index in [1.54, 1.807) is 19.3 Å². The number of rotatable bonds is 3. The Morgan fingerprint density at radius 3 is 2.75 bits per heavy atom. The molecule has 6 heteroatoms. The number of carbonyl (C=O) groups is 1. The Kier molecular flexibility index (Phi) is 5.95. The van der Waals surface area contributed by atoms with E-state index in [0.29, 0.717) is 24.3 Å². The quantitative estimate of drug-likeness (QED) is 0.543. The zero-order valence-electron chi connectivity index (χ0n) is 16.3. The second kappa shape index (κ2) is 8.57. The maximum atomic E-state index is 12.2. The summed E-state index contributed by atoms with van der Waals surface area (Å²) in [5, 5.41) is 5.91. The van der Waals surface area contributed by atoms with Gasteiger partial charge in [-0.1, -0.05) is 19.8 Å². The van der Waals surface area contributed by atoms with Crippen LogP contribution in [-0.4, -0.2) is 28.5 Å². The van der Waals surface area contributed by atoms with Gasteiger partial charge in [-0.2, -0.15) is 0 Å². The molecule has 2 N–H and O–H groups in total. The normalized spacial score (nSPS) is 15.4. The minimum Gasteiger partial charge on any atom is -0.475 e. The lowest BCUT2D eigenvalue weighted by Crippen LogP contribution is -2.31. The molecule has 0 aliphatic carbocycles. The van der Waals surface area contributed by atoms with Crippen LogP contribution in [-0.2, 0) is 4.79 Å². The van der Waals surface area contributed by atoms with Crippen LogP contribution >= 0.6 is 0 Å². The number of fused-ring (bicyclic) bond motifs is 2. The van der Waals surface area contributed by atoms with Crippen molar-refractivity contribution in [3.63, 3.8) is 0 Å². The fourth-order valence-electron chi connectivity index (χ4n) is 3.23. The highest BCUT2D eigenvalue weighted by atomic mass is 16.5. The van der Waals surface area contributed by atoms with Gasteiger partial charge in [0.25, 0.3) is 5.56 Å². The summed E-state index contributed by atoms with van der Waals surface area (Å²) in [7, 11) is 0. The maximum absolute atomic E-state index is 12.2. The molecular weight excluding hydrogens is 354 g/mol. The number of H-pyrrole nitrogens is 1. The van der Waals surface area contributed by atoms with E-state index in [1.807, 2.05) is 32.0 Å². The van der Waals surface area contributed by atoms with E-state index in [-0.39, 0.29) is 17.5 Å². The number of hydrogen-bond donors (Lipinski definition) is 2. The summed E-state index contributed by atoms with van der Waals surface area (Å²) in [5.41, 5.74) is 0.596. The molecule has 0 radical (unpaired) electrons. The van der Waals surface area contributed by atoms with E-state index in [2.05, 4.69) is 27.1 Å². The molecular formula is C22H23N3O3. The van der Waals surface area contributed by atoms with E-state index in [4.69, 9.17) is 4.74 Å². The second-order valence-electron chi connectivity index (χ2n) is 6.26. The van der Waals surface area contributed by atoms with E-state index in [1.165, 1.54) is 0 Å². The van der Waals surface area contributed by atoms with Crippen LogP contribution in [0.15, 0.2) is 35.4 Å². The fourth-order valence-corrected chi connectivity index (χ4v) is 3.23. The van der Waals surface area contributed by atoms with Gasteiger partial charge < -0.3 is 15.0 Å². The molecule has 1 fully saturated rings. The average molecular weight is 377 g/mol. The largest absolute Gasteiger partial charge is 0.475 e. The third kappa shape index (κ3) is 3.84. The van der Waals surface area contributed by atoms with E-state index in [9.17, 15) is 9.59 Å². The molecule has 0 saturated carbocycles. The SMILES string of the molecule is CC.CC#Cc1c[nH]c(=O)c2cc3ccnc(OCC4CCC(=O)N4)c3cc12. The number of nitrogens with one attached hydrogen (secondary N) is 2. The number of carbonyl (C=O) groups excluding carboxylic acids is 1. The van der Waals surface area contributed by atoms with Crippen LogP contribution in [0.25, 0.3) is 21.5 Å². The number of hydrogen-bond acceptors (Lipinski definition) is 4. The van der Waals surface area contributed by atoms with Crippen molar-refractivity contribution in [2.24, 2.45) is 0 Å². The first-order chi connectivity index (χ1) is 13.7. The van der Waals surface area contributed by atoms with E-state index < -0.39 is 0 Å². The van der Waals surface area contributed by atoms with Crippen molar-refractivity contribution in [1.82, 2.24) is 15.3 Å². The summed E-state index contributed by atoms with van der Waals surface area (Å²) in [6.45, 7) is 6.12. The average Bonchev–Trinajstić information content (AvgIpc) is 3.14. The van der Waals surface area contributed by atoms with Crippen molar-refractivity contribution in [3.8, 4) is 17.7 Å². The van der Waals surface area contributed by atoms with Gasteiger partial charge in [-0.25, -0.2) is 4.98 Å². The lowest BCUT2D eigenvalue weighted by atomic mass is 10.0. The molecule has 28 heavy (non-hydrogen) atoms. The first-order valence-corrected chi connectivity index (χ1v) is 9.45. The van der Waals surface area contributed by atoms with Crippen LogP contribution in [0.1, 0.15) is 39.2 Å². The summed E-state index contributed by atoms with van der Waals surface area (Å²) < 4.78 is 5.88. The van der Waals surface area contributed by atoms with Gasteiger partial charge in [-0.3, -0.25) is 9.59 Å². The highest BCUT2D eigenvalue weighted by Crippen LogP contribution is 2.28. The number of aromatic nitrogens is 2. The smallest absolute Gasteiger partial charge is 0.255 e. The first kappa shape index (κ1) is 19.4. The van der Waals surface area contributed by atoms with Crippen molar-refractivity contribution in [3.05, 3.63) is 46.5 Å². The van der Waals surface area contributed by atoms with Gasteiger partial charge >= 0.3 is 0 Å². The fraction of sp³-hybridized carbons (Fsp3) is 0.318. The topological polar surface area (TPSA) is 84.1 Å². The Bertz CT molecular complexity index is 1140. The number of ether oxygens (including phenoxy) is 1. The number of nitrogens with zero attached hydrogens (tertiary/aromatic N) is 1. The summed E-state index contributed by atoms with van der Waals surface area (Å²) in [6, 6.07) is 5.58. The molecule has 1 aromatic carbocycles. The van der Waals surface area contributed by atoms with Crippen molar-refractivity contribution in [2.45, 2.75) is 39.7 Å². The van der Waals surface area contributed by atoms with Crippen LogP contribution in [0.5, 0.6) is 5.88 Å². The zero-order valence-corrected chi connectivity index (χ0v) is 16.3. The Balaban J connectivity index is 0.00000109. The molecule has 1 saturated heterocycles. The number of amides is 1. The van der Waals surface area contributed by atoms with Crippen molar-refractivity contribution in [1.29, 1.82) is 0 Å². The van der Waals surface area contributed by atoms with Crippen LogP contribution < -0.4 is 15.6 Å². The zero-order chi connectivity index (χ0) is 20.1. The van der Waals surface area contributed by atoms with Gasteiger partial charge in [0, 0.05) is 40.5 Å². The first-order valence-electron chi connectivity index (χ1n) is 9.45. The highest BCUT2D eigenvalue weighted by molar-refractivity contribution is 6.01. The molecule has 1 amide bonds. The molecule has 144 valence electrons. The molecule has 1 aliphatic heterocycles. The van der Waals surface area contributed by atoms with E-state index in [0.717, 1.165) is 28.1 Å². The Hall–Kier alpha value is -3.33.